The van der Waals surface area contributed by atoms with Gasteiger partial charge in [0.25, 0.3) is 0 Å². The van der Waals surface area contributed by atoms with E-state index in [1.165, 1.54) is 29.0 Å². The summed E-state index contributed by atoms with van der Waals surface area (Å²) in [5, 5.41) is 0. The summed E-state index contributed by atoms with van der Waals surface area (Å²) in [5.41, 5.74) is 2.98. The Morgan fingerprint density at radius 1 is 1.25 bits per heavy atom. The van der Waals surface area contributed by atoms with Gasteiger partial charge in [0.1, 0.15) is 0 Å². The summed E-state index contributed by atoms with van der Waals surface area (Å²) < 4.78 is 6.19. The molecule has 114 valence electrons. The zero-order chi connectivity index (χ0) is 14.4. The van der Waals surface area contributed by atoms with E-state index in [-0.39, 0.29) is 11.6 Å². The number of hydrogen-bond donors (Lipinski definition) is 2. The Morgan fingerprint density at radius 2 is 1.95 bits per heavy atom. The third-order valence-electron chi connectivity index (χ3n) is 4.44. The number of thiophene rings is 1. The van der Waals surface area contributed by atoms with Crippen molar-refractivity contribution in [1.29, 1.82) is 0 Å². The summed E-state index contributed by atoms with van der Waals surface area (Å²) in [6, 6.07) is 4.70. The Labute approximate surface area is 126 Å². The minimum absolute atomic E-state index is 0.0713. The number of rotatable bonds is 7. The van der Waals surface area contributed by atoms with Crippen molar-refractivity contribution in [2.45, 2.75) is 70.4 Å². The van der Waals surface area contributed by atoms with Gasteiger partial charge in [0.15, 0.2) is 0 Å². The summed E-state index contributed by atoms with van der Waals surface area (Å²) >= 11 is 1.91. The lowest BCUT2D eigenvalue weighted by Gasteiger charge is -2.43. The Bertz CT molecular complexity index is 393. The van der Waals surface area contributed by atoms with E-state index in [1.807, 2.05) is 11.3 Å². The first-order valence-corrected chi connectivity index (χ1v) is 8.73. The third kappa shape index (κ3) is 3.61. The van der Waals surface area contributed by atoms with Crippen LogP contribution in [0.15, 0.2) is 12.1 Å². The fourth-order valence-corrected chi connectivity index (χ4v) is 4.35. The second-order valence-corrected chi connectivity index (χ2v) is 6.96. The highest BCUT2D eigenvalue weighted by Gasteiger charge is 2.40. The Morgan fingerprint density at radius 3 is 2.50 bits per heavy atom. The van der Waals surface area contributed by atoms with Crippen molar-refractivity contribution in [3.05, 3.63) is 21.9 Å². The fourth-order valence-electron chi connectivity index (χ4n) is 3.35. The third-order valence-corrected chi connectivity index (χ3v) is 5.69. The standard InChI is InChI=1S/C16H28N2OS/c1-3-13-8-9-14(20-13)12-15(18-17)16(19-4-2)10-6-5-7-11-16/h8-9,15,18H,3-7,10-12,17H2,1-2H3. The second-order valence-electron chi connectivity index (χ2n) is 5.70. The molecule has 1 saturated carbocycles. The van der Waals surface area contributed by atoms with Crippen LogP contribution in [0.4, 0.5) is 0 Å². The lowest BCUT2D eigenvalue weighted by Crippen LogP contribution is -2.56. The van der Waals surface area contributed by atoms with Gasteiger partial charge in [0.05, 0.1) is 11.6 Å². The van der Waals surface area contributed by atoms with Gasteiger partial charge < -0.3 is 4.74 Å². The molecule has 0 radical (unpaired) electrons. The summed E-state index contributed by atoms with van der Waals surface area (Å²) in [4.78, 5) is 2.86. The average Bonchev–Trinajstić information content (AvgIpc) is 2.93. The predicted octanol–water partition coefficient (Wildman–Crippen LogP) is 3.42. The van der Waals surface area contributed by atoms with Gasteiger partial charge in [-0.3, -0.25) is 11.3 Å². The summed E-state index contributed by atoms with van der Waals surface area (Å²) in [6.45, 7) is 5.06. The molecule has 0 saturated heterocycles. The topological polar surface area (TPSA) is 47.3 Å². The molecule has 1 fully saturated rings. The van der Waals surface area contributed by atoms with E-state index in [0.29, 0.717) is 0 Å². The summed E-state index contributed by atoms with van der Waals surface area (Å²) in [5.74, 6) is 5.88. The van der Waals surface area contributed by atoms with Crippen molar-refractivity contribution in [3.63, 3.8) is 0 Å². The Kier molecular flexibility index (Phi) is 6.02. The van der Waals surface area contributed by atoms with E-state index in [2.05, 4.69) is 31.4 Å². The van der Waals surface area contributed by atoms with Gasteiger partial charge in [-0.05, 0) is 38.3 Å². The van der Waals surface area contributed by atoms with Crippen molar-refractivity contribution in [2.24, 2.45) is 5.84 Å². The molecule has 1 aliphatic carbocycles. The first-order chi connectivity index (χ1) is 9.74. The molecule has 3 N–H and O–H groups in total. The second kappa shape index (κ2) is 7.55. The van der Waals surface area contributed by atoms with Gasteiger partial charge in [-0.2, -0.15) is 0 Å². The SMILES string of the molecule is CCOC1(C(Cc2ccc(CC)s2)NN)CCCCC1. The van der Waals surface area contributed by atoms with Gasteiger partial charge in [-0.1, -0.05) is 26.2 Å². The van der Waals surface area contributed by atoms with Crippen LogP contribution in [0.5, 0.6) is 0 Å². The van der Waals surface area contributed by atoms with E-state index >= 15 is 0 Å². The molecule has 1 atom stereocenters. The largest absolute Gasteiger partial charge is 0.374 e. The van der Waals surface area contributed by atoms with Crippen LogP contribution in [0, 0.1) is 0 Å². The lowest BCUT2D eigenvalue weighted by atomic mass is 9.78. The van der Waals surface area contributed by atoms with Crippen LogP contribution in [-0.2, 0) is 17.6 Å². The van der Waals surface area contributed by atoms with E-state index in [0.717, 1.165) is 32.3 Å². The summed E-state index contributed by atoms with van der Waals surface area (Å²) in [7, 11) is 0. The van der Waals surface area contributed by atoms with Gasteiger partial charge in [-0.25, -0.2) is 0 Å². The maximum atomic E-state index is 6.19. The highest BCUT2D eigenvalue weighted by molar-refractivity contribution is 7.11. The zero-order valence-corrected chi connectivity index (χ0v) is 13.6. The van der Waals surface area contributed by atoms with Gasteiger partial charge in [0, 0.05) is 22.8 Å². The maximum absolute atomic E-state index is 6.19. The van der Waals surface area contributed by atoms with Crippen molar-refractivity contribution in [1.82, 2.24) is 5.43 Å². The zero-order valence-electron chi connectivity index (χ0n) is 12.8. The van der Waals surface area contributed by atoms with E-state index in [9.17, 15) is 0 Å². The molecule has 1 aliphatic rings. The monoisotopic (exact) mass is 296 g/mol. The van der Waals surface area contributed by atoms with Crippen LogP contribution in [0.2, 0.25) is 0 Å². The van der Waals surface area contributed by atoms with Crippen LogP contribution in [0.3, 0.4) is 0 Å². The van der Waals surface area contributed by atoms with Crippen LogP contribution in [0.1, 0.15) is 55.7 Å². The average molecular weight is 296 g/mol. The number of hydrazine groups is 1. The molecule has 20 heavy (non-hydrogen) atoms. The van der Waals surface area contributed by atoms with Crippen LogP contribution < -0.4 is 11.3 Å². The van der Waals surface area contributed by atoms with Crippen LogP contribution >= 0.6 is 11.3 Å². The van der Waals surface area contributed by atoms with E-state index < -0.39 is 0 Å². The van der Waals surface area contributed by atoms with Crippen LogP contribution in [0.25, 0.3) is 0 Å². The van der Waals surface area contributed by atoms with E-state index in [4.69, 9.17) is 10.6 Å². The molecule has 0 aromatic carbocycles. The molecule has 1 heterocycles. The number of aryl methyl sites for hydroxylation is 1. The molecule has 3 nitrogen and oxygen atoms in total. The van der Waals surface area contributed by atoms with Crippen molar-refractivity contribution in [3.8, 4) is 0 Å². The number of hydrogen-bond acceptors (Lipinski definition) is 4. The minimum atomic E-state index is -0.0713. The molecule has 0 spiro atoms. The summed E-state index contributed by atoms with van der Waals surface area (Å²) in [6.07, 6.45) is 8.17. The van der Waals surface area contributed by atoms with Crippen molar-refractivity contribution >= 4 is 11.3 Å². The maximum Gasteiger partial charge on any atom is 0.0851 e. The van der Waals surface area contributed by atoms with Gasteiger partial charge >= 0.3 is 0 Å². The smallest absolute Gasteiger partial charge is 0.0851 e. The molecule has 0 amide bonds. The molecular formula is C16H28N2OS. The molecule has 2 rings (SSSR count). The van der Waals surface area contributed by atoms with Crippen LogP contribution in [-0.4, -0.2) is 18.2 Å². The minimum Gasteiger partial charge on any atom is -0.374 e. The molecule has 1 unspecified atom stereocenters. The molecule has 0 bridgehead atoms. The molecule has 4 heteroatoms. The normalized spacial score (nSPS) is 19.9. The fraction of sp³-hybridized carbons (Fsp3) is 0.750. The predicted molar refractivity (Wildman–Crippen MR) is 86.0 cm³/mol. The van der Waals surface area contributed by atoms with E-state index in [1.54, 1.807) is 0 Å². The molecule has 0 aliphatic heterocycles. The molecule has 1 aromatic rings. The lowest BCUT2D eigenvalue weighted by molar-refractivity contribution is -0.0896. The molecule has 1 aromatic heterocycles. The number of nitrogens with one attached hydrogen (secondary N) is 1. The highest BCUT2D eigenvalue weighted by Crippen LogP contribution is 2.36. The Hall–Kier alpha value is -0.420. The van der Waals surface area contributed by atoms with Crippen molar-refractivity contribution in [2.75, 3.05) is 6.61 Å². The Balaban J connectivity index is 2.11. The quantitative estimate of drug-likeness (QED) is 0.598. The van der Waals surface area contributed by atoms with Gasteiger partial charge in [-0.15, -0.1) is 11.3 Å². The highest BCUT2D eigenvalue weighted by atomic mass is 32.1. The van der Waals surface area contributed by atoms with Crippen molar-refractivity contribution < 1.29 is 4.74 Å². The number of ether oxygens (including phenoxy) is 1. The van der Waals surface area contributed by atoms with Gasteiger partial charge in [0.2, 0.25) is 0 Å². The first kappa shape index (κ1) is 16.0. The first-order valence-electron chi connectivity index (χ1n) is 7.91. The molecular weight excluding hydrogens is 268 g/mol. The number of nitrogens with two attached hydrogens (primary N) is 1.